The molecule has 2 atom stereocenters. The Kier molecular flexibility index (Phi) is 9.47. The van der Waals surface area contributed by atoms with E-state index in [1.54, 1.807) is 35.1 Å². The fraction of sp³-hybridized carbons (Fsp3) is 0.536. The third-order valence-corrected chi connectivity index (χ3v) is 10.1. The Morgan fingerprint density at radius 1 is 1.20 bits per heavy atom. The van der Waals surface area contributed by atoms with Gasteiger partial charge >= 0.3 is 5.97 Å². The Bertz CT molecular complexity index is 1330. The van der Waals surface area contributed by atoms with Gasteiger partial charge in [-0.15, -0.1) is 22.7 Å². The maximum Gasteiger partial charge on any atom is 0.304 e. The predicted octanol–water partition coefficient (Wildman–Crippen LogP) is 5.10. The summed E-state index contributed by atoms with van der Waals surface area (Å²) in [5.74, 6) is -0.153. The average Bonchev–Trinajstić information content (AvgIpc) is 3.67. The summed E-state index contributed by atoms with van der Waals surface area (Å²) in [7, 11) is 0. The molecule has 5 heterocycles. The van der Waals surface area contributed by atoms with Crippen LogP contribution in [-0.2, 0) is 17.8 Å². The number of aromatic nitrogens is 3. The molecule has 9 nitrogen and oxygen atoms in total. The van der Waals surface area contributed by atoms with Gasteiger partial charge in [0.15, 0.2) is 5.78 Å². The number of carboxylic acid groups (broad SMARTS) is 1. The fourth-order valence-corrected chi connectivity index (χ4v) is 7.90. The molecule has 2 fully saturated rings. The lowest BCUT2D eigenvalue weighted by Gasteiger charge is -2.40. The van der Waals surface area contributed by atoms with Crippen LogP contribution in [0.4, 0.5) is 5.82 Å². The normalized spacial score (nSPS) is 20.3. The lowest BCUT2D eigenvalue weighted by atomic mass is 10.1. The topological polar surface area (TPSA) is 103 Å². The van der Waals surface area contributed by atoms with Gasteiger partial charge in [-0.3, -0.25) is 19.4 Å². The number of carboxylic acids is 1. The molecule has 3 aromatic heterocycles. The van der Waals surface area contributed by atoms with Crippen LogP contribution in [0.5, 0.6) is 0 Å². The van der Waals surface area contributed by atoms with Crippen molar-refractivity contribution in [3.63, 3.8) is 0 Å². The molecule has 0 aromatic carbocycles. The molecule has 2 aliphatic heterocycles. The Hall–Kier alpha value is -2.44. The van der Waals surface area contributed by atoms with Gasteiger partial charge in [0.25, 0.3) is 0 Å². The number of nitrogens with zero attached hydrogens (tertiary/aromatic N) is 6. The lowest BCUT2D eigenvalue weighted by molar-refractivity contribution is -0.137. The summed E-state index contributed by atoms with van der Waals surface area (Å²) in [5.41, 5.74) is 1.27. The molecule has 0 amide bonds. The van der Waals surface area contributed by atoms with E-state index in [2.05, 4.69) is 38.5 Å². The molecule has 214 valence electrons. The quantitative estimate of drug-likeness (QED) is 0.300. The summed E-state index contributed by atoms with van der Waals surface area (Å²) in [6, 6.07) is 2.71. The smallest absolute Gasteiger partial charge is 0.304 e. The number of likely N-dealkylation sites (tertiary alicyclic amines) is 1. The van der Waals surface area contributed by atoms with E-state index in [0.717, 1.165) is 60.5 Å². The van der Waals surface area contributed by atoms with Crippen LogP contribution in [0.3, 0.4) is 0 Å². The molecular formula is C28H35ClN6O3S2. The van der Waals surface area contributed by atoms with Crippen molar-refractivity contribution in [1.82, 2.24) is 24.8 Å². The molecule has 0 bridgehead atoms. The zero-order valence-electron chi connectivity index (χ0n) is 22.9. The van der Waals surface area contributed by atoms with Gasteiger partial charge in [-0.25, -0.2) is 15.0 Å². The number of carbonyl (C=O) groups is 2. The van der Waals surface area contributed by atoms with Crippen LogP contribution < -0.4 is 4.90 Å². The predicted molar refractivity (Wildman–Crippen MR) is 160 cm³/mol. The molecule has 5 rings (SSSR count). The standard InChI is InChI=1S/C28H35ClN6O3S2/c1-3-20-5-4-7-34(20)16-24-28(23-11-19(29)17-39-23)32-26(40-24)12-22(36)21-13-31-25(14-30-21)35-10-9-33(15-18(35)2)8-6-27(37)38/h11,13-14,17-18,20H,3-10,12,15-16H2,1-2H3,(H,37,38)/t18-,20+/m0/s1. The van der Waals surface area contributed by atoms with Gasteiger partial charge in [0.2, 0.25) is 0 Å². The third kappa shape index (κ3) is 6.88. The van der Waals surface area contributed by atoms with Crippen LogP contribution in [0.1, 0.15) is 59.9 Å². The van der Waals surface area contributed by atoms with E-state index in [0.29, 0.717) is 23.3 Å². The Balaban J connectivity index is 1.26. The number of rotatable bonds is 11. The lowest BCUT2D eigenvalue weighted by Crippen LogP contribution is -2.52. The van der Waals surface area contributed by atoms with Crippen molar-refractivity contribution in [2.75, 3.05) is 37.6 Å². The zero-order valence-corrected chi connectivity index (χ0v) is 25.3. The number of halogens is 1. The first-order valence-electron chi connectivity index (χ1n) is 13.8. The number of hydrogen-bond acceptors (Lipinski definition) is 10. The summed E-state index contributed by atoms with van der Waals surface area (Å²) < 4.78 is 0. The molecule has 12 heteroatoms. The molecule has 40 heavy (non-hydrogen) atoms. The second-order valence-corrected chi connectivity index (χ2v) is 13.0. The van der Waals surface area contributed by atoms with Gasteiger partial charge in [-0.2, -0.15) is 0 Å². The SMILES string of the molecule is CC[C@@H]1CCCN1Cc1sc(CC(=O)c2cnc(N3CCN(CCC(=O)O)C[C@@H]3C)cn2)nc1-c1cc(Cl)cs1. The van der Waals surface area contributed by atoms with Crippen molar-refractivity contribution in [2.24, 2.45) is 0 Å². The van der Waals surface area contributed by atoms with Gasteiger partial charge in [0.05, 0.1) is 40.8 Å². The third-order valence-electron chi connectivity index (χ3n) is 7.74. The summed E-state index contributed by atoms with van der Waals surface area (Å²) in [5, 5.41) is 12.4. The van der Waals surface area contributed by atoms with E-state index in [-0.39, 0.29) is 24.7 Å². The Morgan fingerprint density at radius 2 is 2.05 bits per heavy atom. The van der Waals surface area contributed by atoms with Crippen LogP contribution in [0, 0.1) is 0 Å². The minimum atomic E-state index is -0.779. The van der Waals surface area contributed by atoms with E-state index in [1.165, 1.54) is 17.7 Å². The minimum Gasteiger partial charge on any atom is -0.481 e. The highest BCUT2D eigenvalue weighted by Crippen LogP contribution is 2.36. The number of ketones is 1. The van der Waals surface area contributed by atoms with Gasteiger partial charge in [-0.1, -0.05) is 18.5 Å². The van der Waals surface area contributed by atoms with Crippen LogP contribution >= 0.6 is 34.3 Å². The van der Waals surface area contributed by atoms with E-state index in [4.69, 9.17) is 21.7 Å². The summed E-state index contributed by atoms with van der Waals surface area (Å²) in [6.07, 6.45) is 7.14. The second kappa shape index (κ2) is 13.0. The number of hydrogen-bond donors (Lipinski definition) is 1. The van der Waals surface area contributed by atoms with E-state index < -0.39 is 5.97 Å². The molecule has 0 aliphatic carbocycles. The molecule has 0 radical (unpaired) electrons. The van der Waals surface area contributed by atoms with Crippen molar-refractivity contribution in [3.8, 4) is 10.6 Å². The molecule has 0 saturated carbocycles. The highest BCUT2D eigenvalue weighted by Gasteiger charge is 2.27. The van der Waals surface area contributed by atoms with Crippen LogP contribution in [0.15, 0.2) is 23.8 Å². The minimum absolute atomic E-state index is 0.103. The van der Waals surface area contributed by atoms with Crippen molar-refractivity contribution >= 4 is 51.8 Å². The maximum atomic E-state index is 13.2. The Labute approximate surface area is 247 Å². The molecule has 2 aliphatic rings. The number of thiazole rings is 1. The van der Waals surface area contributed by atoms with Gasteiger partial charge in [0.1, 0.15) is 16.5 Å². The van der Waals surface area contributed by atoms with Crippen molar-refractivity contribution in [3.05, 3.63) is 44.4 Å². The van der Waals surface area contributed by atoms with Gasteiger partial charge < -0.3 is 10.0 Å². The first-order chi connectivity index (χ1) is 19.3. The van der Waals surface area contributed by atoms with E-state index >= 15 is 0 Å². The van der Waals surface area contributed by atoms with Crippen LogP contribution in [-0.4, -0.2) is 86.4 Å². The van der Waals surface area contributed by atoms with Crippen molar-refractivity contribution in [2.45, 2.75) is 64.6 Å². The largest absolute Gasteiger partial charge is 0.481 e. The summed E-state index contributed by atoms with van der Waals surface area (Å²) in [6.45, 7) is 9.07. The number of thiophene rings is 1. The van der Waals surface area contributed by atoms with E-state index in [1.807, 2.05) is 11.4 Å². The molecule has 3 aromatic rings. The zero-order chi connectivity index (χ0) is 28.2. The van der Waals surface area contributed by atoms with E-state index in [9.17, 15) is 9.59 Å². The number of piperazine rings is 1. The maximum absolute atomic E-state index is 13.2. The van der Waals surface area contributed by atoms with Crippen LogP contribution in [0.2, 0.25) is 5.02 Å². The highest BCUT2D eigenvalue weighted by molar-refractivity contribution is 7.15. The number of Topliss-reactive ketones (excluding diaryl/α,β-unsaturated/α-hetero) is 1. The fourth-order valence-electron chi connectivity index (χ4n) is 5.63. The number of anilines is 1. The van der Waals surface area contributed by atoms with Crippen molar-refractivity contribution in [1.29, 1.82) is 0 Å². The molecular weight excluding hydrogens is 568 g/mol. The first kappa shape index (κ1) is 29.1. The van der Waals surface area contributed by atoms with Gasteiger partial charge in [0, 0.05) is 55.1 Å². The highest BCUT2D eigenvalue weighted by atomic mass is 35.5. The van der Waals surface area contributed by atoms with Crippen LogP contribution in [0.25, 0.3) is 10.6 Å². The first-order valence-corrected chi connectivity index (χ1v) is 15.9. The molecule has 2 saturated heterocycles. The molecule has 0 spiro atoms. The summed E-state index contributed by atoms with van der Waals surface area (Å²) in [4.78, 5) is 47.1. The second-order valence-electron chi connectivity index (χ2n) is 10.5. The summed E-state index contributed by atoms with van der Waals surface area (Å²) >= 11 is 9.43. The van der Waals surface area contributed by atoms with Gasteiger partial charge in [-0.05, 0) is 38.8 Å². The Morgan fingerprint density at radius 3 is 2.73 bits per heavy atom. The van der Waals surface area contributed by atoms with Crippen molar-refractivity contribution < 1.29 is 14.7 Å². The monoisotopic (exact) mass is 602 g/mol. The number of carbonyl (C=O) groups excluding carboxylic acids is 1. The molecule has 1 N–H and O–H groups in total. The average molecular weight is 603 g/mol. The molecule has 0 unspecified atom stereocenters. The number of aliphatic carboxylic acids is 1.